The Hall–Kier alpha value is -4.27. The number of halogens is 3. The summed E-state index contributed by atoms with van der Waals surface area (Å²) in [5.74, 6) is 0.529. The van der Waals surface area contributed by atoms with Crippen LogP contribution in [0.3, 0.4) is 0 Å². The highest BCUT2D eigenvalue weighted by Crippen LogP contribution is 2.32. The molecule has 6 nitrogen and oxygen atoms in total. The number of piperazine rings is 1. The second kappa shape index (κ2) is 10.0. The average molecular weight is 507 g/mol. The van der Waals surface area contributed by atoms with Gasteiger partial charge in [0.15, 0.2) is 0 Å². The minimum absolute atomic E-state index is 0.170. The van der Waals surface area contributed by atoms with Crippen LogP contribution < -0.4 is 9.64 Å². The predicted octanol–water partition coefficient (Wildman–Crippen LogP) is 5.53. The van der Waals surface area contributed by atoms with Crippen LogP contribution in [0.4, 0.5) is 18.9 Å². The van der Waals surface area contributed by atoms with Crippen molar-refractivity contribution in [3.8, 4) is 22.7 Å². The van der Waals surface area contributed by atoms with E-state index in [2.05, 4.69) is 0 Å². The van der Waals surface area contributed by atoms with Gasteiger partial charge in [0.2, 0.25) is 0 Å². The fourth-order valence-corrected chi connectivity index (χ4v) is 4.42. The highest BCUT2D eigenvalue weighted by atomic mass is 19.4. The lowest BCUT2D eigenvalue weighted by Gasteiger charge is -2.36. The normalized spacial score (nSPS) is 14.1. The number of amides is 1. The van der Waals surface area contributed by atoms with Gasteiger partial charge in [-0.2, -0.15) is 18.3 Å². The molecular formula is C28H25F3N4O2. The van der Waals surface area contributed by atoms with E-state index in [1.807, 2.05) is 59.5 Å². The topological polar surface area (TPSA) is 50.6 Å². The molecule has 1 aliphatic rings. The number of para-hydroxylation sites is 1. The number of ether oxygens (including phenoxy) is 1. The maximum Gasteiger partial charge on any atom is 0.416 e. The van der Waals surface area contributed by atoms with Gasteiger partial charge >= 0.3 is 6.18 Å². The van der Waals surface area contributed by atoms with Gasteiger partial charge in [-0.1, -0.05) is 24.3 Å². The van der Waals surface area contributed by atoms with E-state index >= 15 is 0 Å². The van der Waals surface area contributed by atoms with E-state index in [0.29, 0.717) is 48.9 Å². The molecule has 0 saturated carbocycles. The van der Waals surface area contributed by atoms with Crippen molar-refractivity contribution in [3.05, 3.63) is 96.2 Å². The van der Waals surface area contributed by atoms with Crippen molar-refractivity contribution in [2.24, 2.45) is 0 Å². The number of carbonyl (C=O) groups excluding carboxylic acids is 1. The number of alkyl halides is 3. The van der Waals surface area contributed by atoms with Crippen molar-refractivity contribution in [2.45, 2.75) is 6.18 Å². The Morgan fingerprint density at radius 1 is 0.865 bits per heavy atom. The quantitative estimate of drug-likeness (QED) is 0.357. The first kappa shape index (κ1) is 24.4. The fraction of sp³-hybridized carbons (Fsp3) is 0.214. The zero-order valence-corrected chi connectivity index (χ0v) is 20.2. The number of carbonyl (C=O) groups is 1. The summed E-state index contributed by atoms with van der Waals surface area (Å²) in [6.45, 7) is 1.62. The van der Waals surface area contributed by atoms with Crippen molar-refractivity contribution in [3.63, 3.8) is 0 Å². The SMILES string of the molecule is COc1ccc(-c2nn(-c3ccccc3)cc2C(=O)N2CCN(c3cccc(C(F)(F)F)c3)CC2)cc1. The number of benzene rings is 3. The van der Waals surface area contributed by atoms with E-state index in [1.165, 1.54) is 6.07 Å². The summed E-state index contributed by atoms with van der Waals surface area (Å²) in [5, 5.41) is 4.73. The van der Waals surface area contributed by atoms with E-state index in [9.17, 15) is 18.0 Å². The Labute approximate surface area is 212 Å². The number of methoxy groups -OCH3 is 1. The van der Waals surface area contributed by atoms with E-state index in [0.717, 1.165) is 23.4 Å². The van der Waals surface area contributed by atoms with Crippen LogP contribution in [0, 0.1) is 0 Å². The molecule has 1 amide bonds. The molecule has 2 heterocycles. The molecule has 5 rings (SSSR count). The number of anilines is 1. The van der Waals surface area contributed by atoms with Gasteiger partial charge in [-0.25, -0.2) is 4.68 Å². The molecule has 0 atom stereocenters. The number of rotatable bonds is 5. The number of hydrogen-bond donors (Lipinski definition) is 0. The molecule has 1 fully saturated rings. The smallest absolute Gasteiger partial charge is 0.416 e. The molecule has 0 bridgehead atoms. The van der Waals surface area contributed by atoms with E-state index in [4.69, 9.17) is 9.84 Å². The summed E-state index contributed by atoms with van der Waals surface area (Å²) in [6.07, 6.45) is -2.67. The Bertz CT molecular complexity index is 1380. The maximum atomic E-state index is 13.7. The van der Waals surface area contributed by atoms with Crippen LogP contribution in [0.5, 0.6) is 5.75 Å². The van der Waals surface area contributed by atoms with Crippen LogP contribution in [0.25, 0.3) is 16.9 Å². The Kier molecular flexibility index (Phi) is 6.60. The van der Waals surface area contributed by atoms with Crippen molar-refractivity contribution < 1.29 is 22.7 Å². The molecule has 0 aliphatic carbocycles. The first-order valence-corrected chi connectivity index (χ1v) is 11.8. The molecule has 9 heteroatoms. The van der Waals surface area contributed by atoms with Crippen LogP contribution in [0.2, 0.25) is 0 Å². The minimum Gasteiger partial charge on any atom is -0.497 e. The lowest BCUT2D eigenvalue weighted by atomic mass is 10.1. The van der Waals surface area contributed by atoms with Gasteiger partial charge < -0.3 is 14.5 Å². The highest BCUT2D eigenvalue weighted by molar-refractivity contribution is 6.00. The van der Waals surface area contributed by atoms with E-state index in [1.54, 1.807) is 29.0 Å². The zero-order chi connectivity index (χ0) is 26.0. The molecule has 0 unspecified atom stereocenters. The van der Waals surface area contributed by atoms with Gasteiger partial charge in [-0.15, -0.1) is 0 Å². The summed E-state index contributed by atoms with van der Waals surface area (Å²) in [4.78, 5) is 17.3. The maximum absolute atomic E-state index is 13.7. The Morgan fingerprint density at radius 2 is 1.54 bits per heavy atom. The third-order valence-corrected chi connectivity index (χ3v) is 6.43. The molecule has 3 aromatic carbocycles. The van der Waals surface area contributed by atoms with E-state index < -0.39 is 11.7 Å². The Balaban J connectivity index is 1.39. The molecule has 37 heavy (non-hydrogen) atoms. The highest BCUT2D eigenvalue weighted by Gasteiger charge is 2.32. The van der Waals surface area contributed by atoms with Crippen LogP contribution in [-0.2, 0) is 6.18 Å². The number of hydrogen-bond acceptors (Lipinski definition) is 4. The van der Waals surface area contributed by atoms with Gasteiger partial charge in [0, 0.05) is 43.6 Å². The van der Waals surface area contributed by atoms with E-state index in [-0.39, 0.29) is 5.91 Å². The lowest BCUT2D eigenvalue weighted by Crippen LogP contribution is -2.48. The van der Waals surface area contributed by atoms with Crippen LogP contribution in [0.1, 0.15) is 15.9 Å². The molecule has 4 aromatic rings. The van der Waals surface area contributed by atoms with Crippen LogP contribution in [-0.4, -0.2) is 53.9 Å². The van der Waals surface area contributed by atoms with Crippen molar-refractivity contribution >= 4 is 11.6 Å². The first-order valence-electron chi connectivity index (χ1n) is 11.8. The second-order valence-electron chi connectivity index (χ2n) is 8.73. The van der Waals surface area contributed by atoms with Gasteiger partial charge in [0.1, 0.15) is 11.4 Å². The predicted molar refractivity (Wildman–Crippen MR) is 135 cm³/mol. The summed E-state index contributed by atoms with van der Waals surface area (Å²) in [6, 6.07) is 22.2. The zero-order valence-electron chi connectivity index (χ0n) is 20.2. The first-order chi connectivity index (χ1) is 17.8. The third-order valence-electron chi connectivity index (χ3n) is 6.43. The summed E-state index contributed by atoms with van der Waals surface area (Å²) in [5.41, 5.74) is 2.43. The van der Waals surface area contributed by atoms with Crippen LogP contribution in [0.15, 0.2) is 85.1 Å². The molecule has 0 spiro atoms. The standard InChI is InChI=1S/C28H25F3N4O2/c1-37-24-12-10-20(11-13-24)26-25(19-35(32-26)22-7-3-2-4-8-22)27(36)34-16-14-33(15-17-34)23-9-5-6-21(18-23)28(29,30)31/h2-13,18-19H,14-17H2,1H3. The lowest BCUT2D eigenvalue weighted by molar-refractivity contribution is -0.137. The fourth-order valence-electron chi connectivity index (χ4n) is 4.42. The van der Waals surface area contributed by atoms with Gasteiger partial charge in [-0.3, -0.25) is 4.79 Å². The summed E-state index contributed by atoms with van der Waals surface area (Å²) in [7, 11) is 1.59. The summed E-state index contributed by atoms with van der Waals surface area (Å²) < 4.78 is 46.4. The summed E-state index contributed by atoms with van der Waals surface area (Å²) >= 11 is 0. The van der Waals surface area contributed by atoms with Gasteiger partial charge in [0.05, 0.1) is 23.9 Å². The number of nitrogens with zero attached hydrogens (tertiary/aromatic N) is 4. The average Bonchev–Trinajstić information content (AvgIpc) is 3.38. The molecule has 1 saturated heterocycles. The molecule has 0 N–H and O–H groups in total. The number of aromatic nitrogens is 2. The molecule has 1 aromatic heterocycles. The molecular weight excluding hydrogens is 481 g/mol. The Morgan fingerprint density at radius 3 is 2.19 bits per heavy atom. The molecule has 1 aliphatic heterocycles. The van der Waals surface area contributed by atoms with Crippen LogP contribution >= 0.6 is 0 Å². The monoisotopic (exact) mass is 506 g/mol. The molecule has 190 valence electrons. The largest absolute Gasteiger partial charge is 0.497 e. The molecule has 0 radical (unpaired) electrons. The van der Waals surface area contributed by atoms with Crippen molar-refractivity contribution in [1.29, 1.82) is 0 Å². The minimum atomic E-state index is -4.40. The van der Waals surface area contributed by atoms with Crippen molar-refractivity contribution in [1.82, 2.24) is 14.7 Å². The third kappa shape index (κ3) is 5.16. The van der Waals surface area contributed by atoms with Gasteiger partial charge in [0.25, 0.3) is 5.91 Å². The second-order valence-corrected chi connectivity index (χ2v) is 8.73. The van der Waals surface area contributed by atoms with Crippen molar-refractivity contribution in [2.75, 3.05) is 38.2 Å². The van der Waals surface area contributed by atoms with Gasteiger partial charge in [-0.05, 0) is 54.6 Å².